The molecule has 3 aromatic rings. The van der Waals surface area contributed by atoms with E-state index in [-0.39, 0.29) is 63.8 Å². The number of benzene rings is 2. The summed E-state index contributed by atoms with van der Waals surface area (Å²) in [4.78, 5) is 70.2. The predicted octanol–water partition coefficient (Wildman–Crippen LogP) is 3.26. The van der Waals surface area contributed by atoms with Crippen LogP contribution in [-0.2, 0) is 19.1 Å². The van der Waals surface area contributed by atoms with E-state index in [4.69, 9.17) is 9.47 Å². The molecule has 45 heavy (non-hydrogen) atoms. The van der Waals surface area contributed by atoms with Crippen molar-refractivity contribution in [1.82, 2.24) is 9.88 Å². The Bertz CT molecular complexity index is 1770. The van der Waals surface area contributed by atoms with Crippen LogP contribution in [0.4, 0.5) is 11.4 Å². The molecule has 8 rings (SSSR count). The summed E-state index contributed by atoms with van der Waals surface area (Å²) < 4.78 is 11.1. The van der Waals surface area contributed by atoms with Crippen molar-refractivity contribution in [2.45, 2.75) is 22.6 Å². The number of hydrogen-bond acceptors (Lipinski definition) is 10. The third-order valence-corrected chi connectivity index (χ3v) is 12.6. The topological polar surface area (TPSA) is 152 Å². The van der Waals surface area contributed by atoms with Gasteiger partial charge in [0.2, 0.25) is 11.8 Å². The number of aromatic amines is 1. The van der Waals surface area contributed by atoms with E-state index in [0.717, 1.165) is 21.9 Å². The van der Waals surface area contributed by atoms with Crippen molar-refractivity contribution in [3.8, 4) is 5.75 Å². The first-order valence-corrected chi connectivity index (χ1v) is 16.6. The van der Waals surface area contributed by atoms with Crippen LogP contribution in [0.5, 0.6) is 5.75 Å². The summed E-state index contributed by atoms with van der Waals surface area (Å²) in [5, 5.41) is 12.0. The molecule has 3 amide bonds. The molecule has 2 aromatic carbocycles. The van der Waals surface area contributed by atoms with E-state index in [1.165, 1.54) is 40.5 Å². The van der Waals surface area contributed by atoms with Crippen molar-refractivity contribution >= 4 is 52.2 Å². The number of imide groups is 1. The molecule has 232 valence electrons. The van der Waals surface area contributed by atoms with Crippen molar-refractivity contribution in [2.75, 3.05) is 37.8 Å². The van der Waals surface area contributed by atoms with Gasteiger partial charge in [0.25, 0.3) is 11.6 Å². The van der Waals surface area contributed by atoms with Gasteiger partial charge in [0.1, 0.15) is 5.75 Å². The molecule has 12 nitrogen and oxygen atoms in total. The van der Waals surface area contributed by atoms with Gasteiger partial charge in [-0.2, -0.15) is 0 Å². The maximum absolute atomic E-state index is 13.9. The highest BCUT2D eigenvalue weighted by Crippen LogP contribution is 2.68. The monoisotopic (exact) mass is 648 g/mol. The Labute approximate surface area is 264 Å². The number of rotatable bonds is 6. The highest BCUT2D eigenvalue weighted by atomic mass is 32.2. The minimum absolute atomic E-state index is 0.0310. The Balaban J connectivity index is 1.07. The Morgan fingerprint density at radius 1 is 1.00 bits per heavy atom. The SMILES string of the molecule is O=C(COc1ccc([C@H]2c3sc(=O)[nH]c3SC3C4CC(C5C(=O)N(c6ccc([N+](=O)[O-])cc6)C(=O)C45)C32)cc1)N1CCOCC1. The zero-order valence-electron chi connectivity index (χ0n) is 23.8. The normalized spacial score (nSPS) is 29.8. The third-order valence-electron chi connectivity index (χ3n) is 10.0. The first-order chi connectivity index (χ1) is 21.8. The van der Waals surface area contributed by atoms with Gasteiger partial charge in [-0.15, -0.1) is 11.8 Å². The van der Waals surface area contributed by atoms with Crippen LogP contribution in [0.15, 0.2) is 58.4 Å². The summed E-state index contributed by atoms with van der Waals surface area (Å²) in [6, 6.07) is 13.1. The van der Waals surface area contributed by atoms with Crippen molar-refractivity contribution in [1.29, 1.82) is 0 Å². The zero-order chi connectivity index (χ0) is 31.0. The molecular weight excluding hydrogens is 620 g/mol. The number of H-pyrrole nitrogens is 1. The number of carbonyl (C=O) groups excluding carboxylic acids is 3. The fourth-order valence-electron chi connectivity index (χ4n) is 8.19. The molecule has 14 heteroatoms. The summed E-state index contributed by atoms with van der Waals surface area (Å²) in [7, 11) is 0. The molecule has 7 atom stereocenters. The van der Waals surface area contributed by atoms with Gasteiger partial charge in [-0.05, 0) is 54.0 Å². The molecule has 1 N–H and O–H groups in total. The van der Waals surface area contributed by atoms with E-state index in [2.05, 4.69) is 4.98 Å². The number of nitrogens with zero attached hydrogens (tertiary/aromatic N) is 3. The van der Waals surface area contributed by atoms with Gasteiger partial charge in [0, 0.05) is 41.3 Å². The molecule has 0 spiro atoms. The van der Waals surface area contributed by atoms with E-state index in [1.54, 1.807) is 16.7 Å². The van der Waals surface area contributed by atoms with Crippen molar-refractivity contribution in [3.05, 3.63) is 78.8 Å². The van der Waals surface area contributed by atoms with E-state index in [9.17, 15) is 29.3 Å². The Morgan fingerprint density at radius 2 is 1.69 bits per heavy atom. The Morgan fingerprint density at radius 3 is 2.38 bits per heavy atom. The number of amides is 3. The van der Waals surface area contributed by atoms with Crippen LogP contribution in [0.1, 0.15) is 22.8 Å². The molecule has 3 aliphatic heterocycles. The van der Waals surface area contributed by atoms with Crippen LogP contribution in [0.25, 0.3) is 0 Å². The van der Waals surface area contributed by atoms with Crippen LogP contribution in [0.3, 0.4) is 0 Å². The second kappa shape index (κ2) is 10.8. The third kappa shape index (κ3) is 4.52. The number of nitro groups is 1. The number of fused-ring (bicyclic) bond motifs is 9. The second-order valence-electron chi connectivity index (χ2n) is 12.1. The van der Waals surface area contributed by atoms with Crippen LogP contribution < -0.4 is 14.5 Å². The van der Waals surface area contributed by atoms with Gasteiger partial charge in [-0.25, -0.2) is 0 Å². The smallest absolute Gasteiger partial charge is 0.305 e. The van der Waals surface area contributed by atoms with Gasteiger partial charge in [-0.3, -0.25) is 34.2 Å². The molecule has 2 saturated carbocycles. The number of nitrogens with one attached hydrogen (secondary N) is 1. The first kappa shape index (κ1) is 28.5. The molecule has 2 aliphatic carbocycles. The molecule has 6 unspecified atom stereocenters. The first-order valence-electron chi connectivity index (χ1n) is 14.9. The van der Waals surface area contributed by atoms with Crippen LogP contribution in [0.2, 0.25) is 0 Å². The molecule has 2 bridgehead atoms. The number of aromatic nitrogens is 1. The van der Waals surface area contributed by atoms with Crippen molar-refractivity contribution in [3.63, 3.8) is 0 Å². The summed E-state index contributed by atoms with van der Waals surface area (Å²) >= 11 is 2.80. The number of thioether (sulfide) groups is 1. The van der Waals surface area contributed by atoms with Crippen molar-refractivity contribution in [2.24, 2.45) is 29.6 Å². The molecule has 2 saturated heterocycles. The van der Waals surface area contributed by atoms with Crippen LogP contribution in [0, 0.1) is 39.7 Å². The van der Waals surface area contributed by atoms with Crippen LogP contribution in [-0.4, -0.2) is 70.7 Å². The predicted molar refractivity (Wildman–Crippen MR) is 163 cm³/mol. The van der Waals surface area contributed by atoms with Gasteiger partial charge in [-0.1, -0.05) is 23.5 Å². The summed E-state index contributed by atoms with van der Waals surface area (Å²) in [5.74, 6) is -1.19. The molecular formula is C31H28N4O8S2. The van der Waals surface area contributed by atoms with E-state index >= 15 is 0 Å². The van der Waals surface area contributed by atoms with Gasteiger partial charge in [0.05, 0.1) is 40.7 Å². The number of thiazole rings is 1. The highest BCUT2D eigenvalue weighted by molar-refractivity contribution is 8.00. The number of non-ortho nitro benzene ring substituents is 1. The fourth-order valence-corrected chi connectivity index (χ4v) is 11.1. The largest absolute Gasteiger partial charge is 0.484 e. The van der Waals surface area contributed by atoms with E-state index in [0.29, 0.717) is 37.7 Å². The van der Waals surface area contributed by atoms with E-state index < -0.39 is 16.8 Å². The molecule has 4 heterocycles. The Hall–Kier alpha value is -4.01. The van der Waals surface area contributed by atoms with Crippen molar-refractivity contribution < 1.29 is 28.8 Å². The maximum Gasteiger partial charge on any atom is 0.305 e. The highest BCUT2D eigenvalue weighted by Gasteiger charge is 2.69. The molecule has 4 fully saturated rings. The standard InChI is InChI=1S/C31H28N4O8S2/c36-21(33-9-11-42-12-10-33)14-43-18-7-1-15(2-8-18)22-23-19-13-20(26(23)44-28-27(22)45-31(39)32-28)25-24(19)29(37)34(30(25)38)16-3-5-17(6-4-16)35(40)41/h1-8,19-20,22-26H,9-14H2,(H,32,39)/t19?,20?,22-,23?,24?,25?,26?/m1/s1. The quantitative estimate of drug-likeness (QED) is 0.241. The maximum atomic E-state index is 13.9. The lowest BCUT2D eigenvalue weighted by molar-refractivity contribution is -0.384. The summed E-state index contributed by atoms with van der Waals surface area (Å²) in [6.45, 7) is 2.08. The number of nitro benzene ring substituents is 1. The fraction of sp³-hybridized carbons (Fsp3) is 0.419. The lowest BCUT2D eigenvalue weighted by atomic mass is 9.68. The number of ether oxygens (including phenoxy) is 2. The minimum atomic E-state index is -0.513. The lowest BCUT2D eigenvalue weighted by Crippen LogP contribution is -2.43. The van der Waals surface area contributed by atoms with Gasteiger partial charge >= 0.3 is 4.87 Å². The summed E-state index contributed by atoms with van der Waals surface area (Å²) in [6.07, 6.45) is 0.754. The number of hydrogen-bond donors (Lipinski definition) is 1. The minimum Gasteiger partial charge on any atom is -0.484 e. The number of morpholine rings is 1. The van der Waals surface area contributed by atoms with Gasteiger partial charge in [0.15, 0.2) is 6.61 Å². The second-order valence-corrected chi connectivity index (χ2v) is 14.3. The van der Waals surface area contributed by atoms with Gasteiger partial charge < -0.3 is 19.4 Å². The average molecular weight is 649 g/mol. The number of carbonyl (C=O) groups is 3. The zero-order valence-corrected chi connectivity index (χ0v) is 25.5. The molecule has 0 radical (unpaired) electrons. The lowest BCUT2D eigenvalue weighted by Gasteiger charge is -2.43. The number of anilines is 1. The van der Waals surface area contributed by atoms with Crippen LogP contribution >= 0.6 is 23.1 Å². The Kier molecular flexibility index (Phi) is 6.84. The molecule has 1 aromatic heterocycles. The molecule has 5 aliphatic rings. The summed E-state index contributed by atoms with van der Waals surface area (Å²) in [5.41, 5.74) is 1.23. The average Bonchev–Trinajstić information content (AvgIpc) is 3.79. The van der Waals surface area contributed by atoms with E-state index in [1.807, 2.05) is 24.3 Å².